The minimum atomic E-state index is -5.26. The van der Waals surface area contributed by atoms with Crippen LogP contribution in [-0.4, -0.2) is 102 Å². The predicted octanol–water partition coefficient (Wildman–Crippen LogP) is 2.70. The molecule has 49 heavy (non-hydrogen) atoms. The van der Waals surface area contributed by atoms with Gasteiger partial charge in [0.05, 0.1) is 30.5 Å². The largest absolute Gasteiger partial charge is 0.504 e. The van der Waals surface area contributed by atoms with Crippen molar-refractivity contribution in [2.24, 2.45) is 0 Å². The molecule has 5 aliphatic rings. The highest BCUT2D eigenvalue weighted by molar-refractivity contribution is 7.99. The summed E-state index contributed by atoms with van der Waals surface area (Å²) in [5.74, 6) is -3.52. The maximum absolute atomic E-state index is 13.3. The maximum Gasteiger partial charge on any atom is 0.471 e. The number of aromatic hydroxyl groups is 1. The fourth-order valence-corrected chi connectivity index (χ4v) is 9.62. The molecular weight excluding hydrogens is 675 g/mol. The number of aliphatic hydroxyl groups is 1. The molecule has 264 valence electrons. The number of benzene rings is 2. The highest BCUT2D eigenvalue weighted by atomic mass is 32.2. The summed E-state index contributed by atoms with van der Waals surface area (Å²) in [6.45, 7) is 4.06. The van der Waals surface area contributed by atoms with Gasteiger partial charge in [0.15, 0.2) is 23.0 Å². The molecule has 0 radical (unpaired) electrons. The number of carbonyl (C=O) groups excluding carboxylic acids is 3. The fraction of sp³-hybridized carbons (Fsp3) is 0.531. The van der Waals surface area contributed by atoms with Crippen LogP contribution in [0.5, 0.6) is 28.7 Å². The van der Waals surface area contributed by atoms with Gasteiger partial charge < -0.3 is 39.2 Å². The van der Waals surface area contributed by atoms with Crippen LogP contribution in [-0.2, 0) is 25.5 Å². The third kappa shape index (κ3) is 5.07. The number of alkyl halides is 3. The van der Waals surface area contributed by atoms with Gasteiger partial charge >= 0.3 is 24.0 Å². The number of likely N-dealkylation sites (N-methyl/N-ethyl adjacent to an activating group) is 1. The lowest BCUT2D eigenvalue weighted by atomic mass is 9.73. The van der Waals surface area contributed by atoms with E-state index in [0.29, 0.717) is 45.7 Å². The minimum Gasteiger partial charge on any atom is -0.504 e. The number of aliphatic hydroxyl groups excluding tert-OH is 1. The summed E-state index contributed by atoms with van der Waals surface area (Å²) in [6, 6.07) is -2.73. The number of amides is 1. The summed E-state index contributed by atoms with van der Waals surface area (Å²) in [5.41, 5.74) is 3.32. The van der Waals surface area contributed by atoms with Crippen LogP contribution in [0.1, 0.15) is 57.6 Å². The standard InChI is InChI=1S/C32H34F3N3O10S/c1-11-6-14-7-16-29(41)38-17-8-45-30(42)15(36-31(43)32(33,34)35)9-49-28(22(38)21(37(16)4)18(14)23(40)24(11)44-5)20-19(17)27-26(46-10-47-27)12(2)25(20)48-13(3)39/h6,15-17,21-22,28-29,40-41H,7-10H2,1-5H3,(H,36,43)/t15-,16-,17+,21+,22?,28+,29-/m0/s1. The monoisotopic (exact) mass is 709 g/mol. The molecule has 1 unspecified atom stereocenters. The number of phenols is 1. The number of esters is 2. The lowest BCUT2D eigenvalue weighted by Crippen LogP contribution is -2.69. The second-order valence-corrected chi connectivity index (χ2v) is 13.9. The third-order valence-corrected chi connectivity index (χ3v) is 11.5. The van der Waals surface area contributed by atoms with E-state index in [1.165, 1.54) is 14.0 Å². The zero-order valence-electron chi connectivity index (χ0n) is 27.0. The van der Waals surface area contributed by atoms with Gasteiger partial charge in [0.2, 0.25) is 6.79 Å². The van der Waals surface area contributed by atoms with E-state index in [1.807, 2.05) is 18.0 Å². The number of hydrogen-bond donors (Lipinski definition) is 3. The van der Waals surface area contributed by atoms with Crippen LogP contribution in [0.3, 0.4) is 0 Å². The molecule has 17 heteroatoms. The Bertz CT molecular complexity index is 1770. The first-order valence-corrected chi connectivity index (χ1v) is 16.6. The number of methoxy groups -OCH3 is 1. The number of thioether (sulfide) groups is 1. The molecule has 2 saturated heterocycles. The van der Waals surface area contributed by atoms with Gasteiger partial charge in [0.1, 0.15) is 24.6 Å². The summed E-state index contributed by atoms with van der Waals surface area (Å²) in [4.78, 5) is 41.7. The first kappa shape index (κ1) is 33.6. The second-order valence-electron chi connectivity index (χ2n) is 12.7. The van der Waals surface area contributed by atoms with Crippen LogP contribution in [0, 0.1) is 13.8 Å². The van der Waals surface area contributed by atoms with E-state index in [2.05, 4.69) is 0 Å². The molecule has 7 atom stereocenters. The molecule has 13 nitrogen and oxygen atoms in total. The van der Waals surface area contributed by atoms with Crippen LogP contribution in [0.25, 0.3) is 0 Å². The van der Waals surface area contributed by atoms with Gasteiger partial charge in [-0.1, -0.05) is 6.07 Å². The molecule has 0 saturated carbocycles. The van der Waals surface area contributed by atoms with E-state index in [9.17, 15) is 37.8 Å². The Kier molecular flexibility index (Phi) is 8.11. The van der Waals surface area contributed by atoms with Crippen molar-refractivity contribution in [1.29, 1.82) is 0 Å². The summed E-state index contributed by atoms with van der Waals surface area (Å²) in [5, 5.41) is 24.9. The van der Waals surface area contributed by atoms with Gasteiger partial charge in [-0.2, -0.15) is 13.2 Å². The molecule has 1 amide bonds. The molecule has 7 rings (SSSR count). The number of hydrogen-bond acceptors (Lipinski definition) is 13. The van der Waals surface area contributed by atoms with E-state index in [0.717, 1.165) is 17.3 Å². The first-order valence-electron chi connectivity index (χ1n) is 15.5. The normalized spacial score (nSPS) is 28.9. The average molecular weight is 710 g/mol. The molecule has 0 aromatic heterocycles. The van der Waals surface area contributed by atoms with Crippen molar-refractivity contribution in [3.05, 3.63) is 39.4 Å². The summed E-state index contributed by atoms with van der Waals surface area (Å²) in [6.07, 6.45) is -6.09. The SMILES string of the molecule is COc1c(C)cc2c(c1O)[C@@H]1C3[C@@H]4SC[C@H](NC(=O)C(F)(F)F)C(=O)OC[C@H](c5c6c(c(C)c(OC(C)=O)c54)OCO6)N3[C@@H](O)[C@H](C2)N1C. The Morgan fingerprint density at radius 3 is 2.49 bits per heavy atom. The summed E-state index contributed by atoms with van der Waals surface area (Å²) >= 11 is 1.03. The number of fused-ring (bicyclic) bond motifs is 9. The summed E-state index contributed by atoms with van der Waals surface area (Å²) in [7, 11) is 3.26. The number of halogens is 3. The van der Waals surface area contributed by atoms with Crippen LogP contribution >= 0.6 is 11.8 Å². The van der Waals surface area contributed by atoms with Gasteiger partial charge in [-0.05, 0) is 38.4 Å². The molecule has 5 heterocycles. The van der Waals surface area contributed by atoms with E-state index < -0.39 is 78.1 Å². The Hall–Kier alpha value is -3.93. The van der Waals surface area contributed by atoms with E-state index >= 15 is 0 Å². The molecular formula is C32H34F3N3O10S. The number of ether oxygens (including phenoxy) is 5. The van der Waals surface area contributed by atoms with Crippen LogP contribution in [0.2, 0.25) is 0 Å². The Labute approximate surface area is 282 Å². The predicted molar refractivity (Wildman–Crippen MR) is 165 cm³/mol. The molecule has 0 aliphatic carbocycles. The fourth-order valence-electron chi connectivity index (χ4n) is 8.12. The highest BCUT2D eigenvalue weighted by Crippen LogP contribution is 2.63. The number of nitrogens with one attached hydrogen (secondary N) is 1. The van der Waals surface area contributed by atoms with Gasteiger partial charge in [0, 0.05) is 41.0 Å². The number of phenolic OH excluding ortho intramolecular Hbond substituents is 1. The number of carbonyl (C=O) groups is 3. The Balaban J connectivity index is 1.49. The number of piperazine rings is 1. The number of cyclic esters (lactones) is 1. The first-order chi connectivity index (χ1) is 23.1. The van der Waals surface area contributed by atoms with Crippen LogP contribution in [0.4, 0.5) is 13.2 Å². The van der Waals surface area contributed by atoms with E-state index in [-0.39, 0.29) is 24.0 Å². The van der Waals surface area contributed by atoms with Crippen LogP contribution < -0.4 is 24.3 Å². The van der Waals surface area contributed by atoms with Crippen molar-refractivity contribution in [3.8, 4) is 28.7 Å². The van der Waals surface area contributed by atoms with Gasteiger partial charge in [0.25, 0.3) is 0 Å². The number of aryl methyl sites for hydroxylation is 1. The maximum atomic E-state index is 13.3. The summed E-state index contributed by atoms with van der Waals surface area (Å²) < 4.78 is 68.9. The van der Waals surface area contributed by atoms with Gasteiger partial charge in [-0.25, -0.2) is 4.79 Å². The van der Waals surface area contributed by atoms with Crippen molar-refractivity contribution in [2.75, 3.05) is 33.3 Å². The molecule has 3 N–H and O–H groups in total. The topological polar surface area (TPSA) is 156 Å². The van der Waals surface area contributed by atoms with Crippen LogP contribution in [0.15, 0.2) is 6.07 Å². The zero-order valence-corrected chi connectivity index (χ0v) is 27.9. The quantitative estimate of drug-likeness (QED) is 0.316. The zero-order chi connectivity index (χ0) is 35.3. The third-order valence-electron chi connectivity index (χ3n) is 10.1. The number of nitrogens with zero attached hydrogens (tertiary/aromatic N) is 2. The molecule has 5 aliphatic heterocycles. The Morgan fingerprint density at radius 1 is 1.10 bits per heavy atom. The van der Waals surface area contributed by atoms with E-state index in [1.54, 1.807) is 24.1 Å². The average Bonchev–Trinajstić information content (AvgIpc) is 3.52. The van der Waals surface area contributed by atoms with Crippen molar-refractivity contribution in [3.63, 3.8) is 0 Å². The van der Waals surface area contributed by atoms with Crippen molar-refractivity contribution in [1.82, 2.24) is 15.1 Å². The van der Waals surface area contributed by atoms with Crippen molar-refractivity contribution < 1.29 is 61.5 Å². The number of rotatable bonds is 3. The highest BCUT2D eigenvalue weighted by Gasteiger charge is 2.60. The molecule has 2 fully saturated rings. The van der Waals surface area contributed by atoms with Gasteiger partial charge in [-0.15, -0.1) is 11.8 Å². The lowest BCUT2D eigenvalue weighted by Gasteiger charge is -2.62. The van der Waals surface area contributed by atoms with Crippen molar-refractivity contribution >= 4 is 29.6 Å². The second kappa shape index (κ2) is 11.8. The van der Waals surface area contributed by atoms with Gasteiger partial charge in [-0.3, -0.25) is 19.4 Å². The lowest BCUT2D eigenvalue weighted by molar-refractivity contribution is -0.186. The molecule has 4 bridgehead atoms. The minimum absolute atomic E-state index is 0.0915. The van der Waals surface area contributed by atoms with E-state index in [4.69, 9.17) is 23.7 Å². The molecule has 0 spiro atoms. The smallest absolute Gasteiger partial charge is 0.471 e. The molecule has 2 aromatic carbocycles. The Morgan fingerprint density at radius 2 is 1.82 bits per heavy atom. The van der Waals surface area contributed by atoms with Crippen molar-refractivity contribution in [2.45, 2.75) is 75.1 Å². The molecule has 2 aromatic rings.